The van der Waals surface area contributed by atoms with Crippen molar-refractivity contribution in [3.8, 4) is 0 Å². The minimum absolute atomic E-state index is 0.689. The summed E-state index contributed by atoms with van der Waals surface area (Å²) in [5, 5.41) is 0. The van der Waals surface area contributed by atoms with Gasteiger partial charge in [0.05, 0.1) is 6.10 Å². The molecule has 1 heteroatoms. The minimum atomic E-state index is 0.689. The first-order chi connectivity index (χ1) is 6.36. The van der Waals surface area contributed by atoms with Crippen LogP contribution in [-0.2, 0) is 4.74 Å². The third-order valence-corrected chi connectivity index (χ3v) is 5.26. The van der Waals surface area contributed by atoms with Crippen molar-refractivity contribution in [2.24, 2.45) is 23.2 Å². The van der Waals surface area contributed by atoms with Gasteiger partial charge in [-0.1, -0.05) is 0 Å². The quantitative estimate of drug-likeness (QED) is 0.554. The summed E-state index contributed by atoms with van der Waals surface area (Å²) in [6.07, 6.45) is 9.69. The zero-order chi connectivity index (χ0) is 8.47. The molecule has 0 radical (unpaired) electrons. The van der Waals surface area contributed by atoms with Gasteiger partial charge in [-0.15, -0.1) is 0 Å². The van der Waals surface area contributed by atoms with E-state index in [1.165, 1.54) is 32.1 Å². The standard InChI is InChI=1S/C12H18O/c1-2-13-11-10-4-8-3-9(5-10)7-12(1,11)6-8/h8-11H,1-7H2. The van der Waals surface area contributed by atoms with Crippen molar-refractivity contribution >= 4 is 0 Å². The lowest BCUT2D eigenvalue weighted by Crippen LogP contribution is -2.53. The predicted octanol–water partition coefficient (Wildman–Crippen LogP) is 2.60. The molecule has 0 aromatic carbocycles. The van der Waals surface area contributed by atoms with Crippen LogP contribution in [-0.4, -0.2) is 12.7 Å². The van der Waals surface area contributed by atoms with Crippen LogP contribution in [0.2, 0.25) is 0 Å². The molecule has 13 heavy (non-hydrogen) atoms. The van der Waals surface area contributed by atoms with Crippen LogP contribution in [0.25, 0.3) is 0 Å². The van der Waals surface area contributed by atoms with Crippen LogP contribution >= 0.6 is 0 Å². The molecule has 72 valence electrons. The summed E-state index contributed by atoms with van der Waals surface area (Å²) in [6, 6.07) is 0. The fourth-order valence-electron chi connectivity index (χ4n) is 5.21. The van der Waals surface area contributed by atoms with Crippen LogP contribution in [0, 0.1) is 23.2 Å². The molecule has 1 spiro atoms. The molecule has 0 amide bonds. The highest BCUT2D eigenvalue weighted by atomic mass is 16.5. The van der Waals surface area contributed by atoms with Crippen molar-refractivity contribution in [3.05, 3.63) is 0 Å². The van der Waals surface area contributed by atoms with Crippen LogP contribution in [0.15, 0.2) is 0 Å². The second-order valence-electron chi connectivity index (χ2n) is 6.01. The van der Waals surface area contributed by atoms with Crippen molar-refractivity contribution in [1.29, 1.82) is 0 Å². The van der Waals surface area contributed by atoms with Gasteiger partial charge in [-0.3, -0.25) is 0 Å². The topological polar surface area (TPSA) is 9.23 Å². The predicted molar refractivity (Wildman–Crippen MR) is 50.3 cm³/mol. The number of hydrogen-bond acceptors (Lipinski definition) is 1. The molecule has 4 bridgehead atoms. The van der Waals surface area contributed by atoms with Gasteiger partial charge in [-0.05, 0) is 61.7 Å². The van der Waals surface area contributed by atoms with Crippen LogP contribution in [0.1, 0.15) is 38.5 Å². The molecule has 0 N–H and O–H groups in total. The molecule has 1 aliphatic heterocycles. The Kier molecular flexibility index (Phi) is 1.19. The largest absolute Gasteiger partial charge is 0.377 e. The highest BCUT2D eigenvalue weighted by Crippen LogP contribution is 2.64. The molecule has 3 unspecified atom stereocenters. The van der Waals surface area contributed by atoms with Gasteiger partial charge in [0, 0.05) is 6.61 Å². The van der Waals surface area contributed by atoms with E-state index in [2.05, 4.69) is 0 Å². The zero-order valence-electron chi connectivity index (χ0n) is 8.17. The summed E-state index contributed by atoms with van der Waals surface area (Å²) in [6.45, 7) is 1.07. The fraction of sp³-hybridized carbons (Fsp3) is 1.00. The summed E-state index contributed by atoms with van der Waals surface area (Å²) in [4.78, 5) is 0. The first-order valence-electron chi connectivity index (χ1n) is 5.97. The van der Waals surface area contributed by atoms with Gasteiger partial charge in [0.25, 0.3) is 0 Å². The van der Waals surface area contributed by atoms with Crippen LogP contribution in [0.5, 0.6) is 0 Å². The van der Waals surface area contributed by atoms with E-state index in [-0.39, 0.29) is 0 Å². The molecule has 1 heterocycles. The molecular weight excluding hydrogens is 160 g/mol. The molecule has 5 fully saturated rings. The van der Waals surface area contributed by atoms with Gasteiger partial charge in [-0.2, -0.15) is 0 Å². The number of ether oxygens (including phenoxy) is 1. The second kappa shape index (κ2) is 2.13. The minimum Gasteiger partial charge on any atom is -0.377 e. The molecule has 5 rings (SSSR count). The number of hydrogen-bond donors (Lipinski definition) is 0. The van der Waals surface area contributed by atoms with E-state index in [0.717, 1.165) is 24.4 Å². The SMILES string of the molecule is C1CC23CC4CC(CC(C4)C2O1)C3. The summed E-state index contributed by atoms with van der Waals surface area (Å²) >= 11 is 0. The van der Waals surface area contributed by atoms with E-state index < -0.39 is 0 Å². The molecule has 3 atom stereocenters. The first-order valence-corrected chi connectivity index (χ1v) is 5.97. The Morgan fingerprint density at radius 1 is 1.00 bits per heavy atom. The highest BCUT2D eigenvalue weighted by Gasteiger charge is 2.59. The highest BCUT2D eigenvalue weighted by molar-refractivity contribution is 5.08. The van der Waals surface area contributed by atoms with Crippen LogP contribution in [0.3, 0.4) is 0 Å². The normalized spacial score (nSPS) is 62.8. The lowest BCUT2D eigenvalue weighted by atomic mass is 9.48. The van der Waals surface area contributed by atoms with Gasteiger partial charge < -0.3 is 4.74 Å². The molecule has 4 saturated carbocycles. The van der Waals surface area contributed by atoms with Crippen molar-refractivity contribution < 1.29 is 4.74 Å². The van der Waals surface area contributed by atoms with E-state index in [0.29, 0.717) is 11.5 Å². The molecule has 0 aromatic rings. The molecule has 0 aromatic heterocycles. The Bertz CT molecular complexity index is 234. The van der Waals surface area contributed by atoms with Crippen molar-refractivity contribution in [1.82, 2.24) is 0 Å². The van der Waals surface area contributed by atoms with E-state index in [1.54, 1.807) is 6.42 Å². The lowest BCUT2D eigenvalue weighted by Gasteiger charge is -2.58. The molecule has 1 nitrogen and oxygen atoms in total. The maximum atomic E-state index is 5.98. The smallest absolute Gasteiger partial charge is 0.0660 e. The second-order valence-corrected chi connectivity index (χ2v) is 6.01. The maximum Gasteiger partial charge on any atom is 0.0660 e. The maximum absolute atomic E-state index is 5.98. The van der Waals surface area contributed by atoms with Crippen LogP contribution < -0.4 is 0 Å². The fourth-order valence-corrected chi connectivity index (χ4v) is 5.21. The summed E-state index contributed by atoms with van der Waals surface area (Å²) in [7, 11) is 0. The van der Waals surface area contributed by atoms with Crippen molar-refractivity contribution in [2.75, 3.05) is 6.61 Å². The van der Waals surface area contributed by atoms with Crippen molar-refractivity contribution in [2.45, 2.75) is 44.6 Å². The van der Waals surface area contributed by atoms with Crippen LogP contribution in [0.4, 0.5) is 0 Å². The van der Waals surface area contributed by atoms with Gasteiger partial charge in [-0.25, -0.2) is 0 Å². The summed E-state index contributed by atoms with van der Waals surface area (Å²) in [5.74, 6) is 3.15. The summed E-state index contributed by atoms with van der Waals surface area (Å²) < 4.78 is 5.98. The monoisotopic (exact) mass is 178 g/mol. The van der Waals surface area contributed by atoms with E-state index >= 15 is 0 Å². The van der Waals surface area contributed by atoms with Gasteiger partial charge in [0.15, 0.2) is 0 Å². The molecule has 4 aliphatic carbocycles. The Labute approximate surface area is 79.8 Å². The van der Waals surface area contributed by atoms with Crippen molar-refractivity contribution in [3.63, 3.8) is 0 Å². The Morgan fingerprint density at radius 2 is 1.77 bits per heavy atom. The molecule has 5 aliphatic rings. The van der Waals surface area contributed by atoms with Gasteiger partial charge in [0.2, 0.25) is 0 Å². The number of rotatable bonds is 0. The zero-order valence-corrected chi connectivity index (χ0v) is 8.17. The van der Waals surface area contributed by atoms with Gasteiger partial charge in [0.1, 0.15) is 0 Å². The van der Waals surface area contributed by atoms with E-state index in [1.807, 2.05) is 0 Å². The van der Waals surface area contributed by atoms with Gasteiger partial charge >= 0.3 is 0 Å². The molecular formula is C12H18O. The third-order valence-electron chi connectivity index (χ3n) is 5.26. The third kappa shape index (κ3) is 0.782. The average Bonchev–Trinajstić information content (AvgIpc) is 2.46. The first kappa shape index (κ1) is 7.28. The van der Waals surface area contributed by atoms with E-state index in [9.17, 15) is 0 Å². The summed E-state index contributed by atoms with van der Waals surface area (Å²) in [5.41, 5.74) is 0.689. The molecule has 1 saturated heterocycles. The Hall–Kier alpha value is -0.0400. The Morgan fingerprint density at radius 3 is 2.54 bits per heavy atom. The average molecular weight is 178 g/mol. The Balaban J connectivity index is 1.80. The lowest BCUT2D eigenvalue weighted by molar-refractivity contribution is -0.128. The van der Waals surface area contributed by atoms with E-state index in [4.69, 9.17) is 4.74 Å².